The molecule has 0 saturated heterocycles. The highest BCUT2D eigenvalue weighted by molar-refractivity contribution is 5.74. The molecule has 0 radical (unpaired) electrons. The van der Waals surface area contributed by atoms with Crippen molar-refractivity contribution < 1.29 is 19.5 Å². The third-order valence-electron chi connectivity index (χ3n) is 5.25. The summed E-state index contributed by atoms with van der Waals surface area (Å²) in [7, 11) is 1.63. The van der Waals surface area contributed by atoms with Gasteiger partial charge in [0, 0.05) is 35.0 Å². The van der Waals surface area contributed by atoms with Crippen LogP contribution >= 0.6 is 0 Å². The summed E-state index contributed by atoms with van der Waals surface area (Å²) in [5.41, 5.74) is 5.39. The molecular weight excluding hydrogens is 408 g/mol. The summed E-state index contributed by atoms with van der Waals surface area (Å²) in [4.78, 5) is 11.0. The zero-order valence-corrected chi connectivity index (χ0v) is 18.2. The second-order valence-electron chi connectivity index (χ2n) is 7.50. The predicted octanol–water partition coefficient (Wildman–Crippen LogP) is 3.59. The van der Waals surface area contributed by atoms with Gasteiger partial charge in [-0.3, -0.25) is 15.3 Å². The normalized spacial score (nSPS) is 14.5. The molecule has 0 saturated carbocycles. The van der Waals surface area contributed by atoms with E-state index in [2.05, 4.69) is 21.9 Å². The average molecular weight is 439 g/mol. The van der Waals surface area contributed by atoms with E-state index in [-0.39, 0.29) is 12.1 Å². The third-order valence-corrected chi connectivity index (χ3v) is 5.25. The van der Waals surface area contributed by atoms with E-state index in [1.807, 2.05) is 36.4 Å². The van der Waals surface area contributed by atoms with E-state index in [0.29, 0.717) is 31.2 Å². The van der Waals surface area contributed by atoms with Gasteiger partial charge >= 0.3 is 0 Å². The molecule has 170 valence electrons. The van der Waals surface area contributed by atoms with Crippen molar-refractivity contribution in [2.75, 3.05) is 31.0 Å². The number of anilines is 2. The molecule has 0 aromatic heterocycles. The first-order valence-electron chi connectivity index (χ1n) is 10.7. The Kier molecular flexibility index (Phi) is 8.61. The fourth-order valence-corrected chi connectivity index (χ4v) is 3.57. The second-order valence-corrected chi connectivity index (χ2v) is 7.50. The monoisotopic (exact) mass is 438 g/mol. The van der Waals surface area contributed by atoms with E-state index in [9.17, 15) is 4.79 Å². The first-order chi connectivity index (χ1) is 15.6. The average Bonchev–Trinajstić information content (AvgIpc) is 2.83. The molecule has 0 fully saturated rings. The molecule has 0 aliphatic carbocycles. The highest BCUT2D eigenvalue weighted by Crippen LogP contribution is 2.38. The number of hydrogen-bond donors (Lipinski definition) is 5. The van der Waals surface area contributed by atoms with E-state index in [1.54, 1.807) is 12.6 Å². The summed E-state index contributed by atoms with van der Waals surface area (Å²) >= 11 is 0. The molecule has 1 aliphatic rings. The molecular formula is C24H30N4O4. The Morgan fingerprint density at radius 2 is 2.06 bits per heavy atom. The molecule has 0 bridgehead atoms. The fraction of sp³-hybridized carbons (Fsp3) is 0.375. The van der Waals surface area contributed by atoms with Gasteiger partial charge in [0.2, 0.25) is 5.91 Å². The Labute approximate surface area is 188 Å². The van der Waals surface area contributed by atoms with Gasteiger partial charge in [-0.1, -0.05) is 24.8 Å². The van der Waals surface area contributed by atoms with Crippen LogP contribution in [0.3, 0.4) is 0 Å². The van der Waals surface area contributed by atoms with Crippen LogP contribution in [0.5, 0.6) is 11.5 Å². The minimum atomic E-state index is -0.351. The maximum absolute atomic E-state index is 11.0. The Balaban J connectivity index is 1.62. The summed E-state index contributed by atoms with van der Waals surface area (Å²) < 4.78 is 11.6. The van der Waals surface area contributed by atoms with Crippen molar-refractivity contribution in [3.8, 4) is 23.8 Å². The standard InChI is InChI=1S/C24H30N4O4/c1-3-17-9-8-10-18(13-17)27-24-19-14-22(21(31-2)15-20(19)25-16-26-24)32-12-7-5-4-6-11-23(29)28-30/h1,8-10,13-15,24-27,30H,4-7,11-12,16H2,2H3,(H,28,29). The highest BCUT2D eigenvalue weighted by atomic mass is 16.5. The van der Waals surface area contributed by atoms with E-state index in [0.717, 1.165) is 48.2 Å². The Hall–Kier alpha value is -3.41. The quantitative estimate of drug-likeness (QED) is 0.158. The maximum Gasteiger partial charge on any atom is 0.243 e. The minimum Gasteiger partial charge on any atom is -0.493 e. The molecule has 1 atom stereocenters. The molecule has 0 spiro atoms. The molecule has 1 heterocycles. The number of carbonyl (C=O) groups excluding carboxylic acids is 1. The van der Waals surface area contributed by atoms with Gasteiger partial charge in [0.25, 0.3) is 0 Å². The highest BCUT2D eigenvalue weighted by Gasteiger charge is 2.22. The number of terminal acetylenes is 1. The molecule has 8 heteroatoms. The Morgan fingerprint density at radius 3 is 2.84 bits per heavy atom. The molecule has 5 N–H and O–H groups in total. The van der Waals surface area contributed by atoms with Crippen LogP contribution in [0.4, 0.5) is 11.4 Å². The van der Waals surface area contributed by atoms with Gasteiger partial charge < -0.3 is 20.1 Å². The number of ether oxygens (including phenoxy) is 2. The van der Waals surface area contributed by atoms with Gasteiger partial charge in [0.05, 0.1) is 20.4 Å². The maximum atomic E-state index is 11.0. The number of methoxy groups -OCH3 is 1. The van der Waals surface area contributed by atoms with Crippen molar-refractivity contribution in [1.82, 2.24) is 10.8 Å². The van der Waals surface area contributed by atoms with Crippen LogP contribution in [-0.4, -0.2) is 31.5 Å². The number of amides is 1. The molecule has 32 heavy (non-hydrogen) atoms. The lowest BCUT2D eigenvalue weighted by Gasteiger charge is -2.30. The third kappa shape index (κ3) is 6.30. The van der Waals surface area contributed by atoms with Crippen LogP contribution in [0, 0.1) is 12.3 Å². The minimum absolute atomic E-state index is 0.120. The van der Waals surface area contributed by atoms with Gasteiger partial charge in [-0.2, -0.15) is 0 Å². The first-order valence-corrected chi connectivity index (χ1v) is 10.7. The van der Waals surface area contributed by atoms with E-state index in [4.69, 9.17) is 21.1 Å². The summed E-state index contributed by atoms with van der Waals surface area (Å²) in [6.45, 7) is 1.15. The molecule has 2 aromatic carbocycles. The number of hydrogen-bond acceptors (Lipinski definition) is 7. The first kappa shape index (κ1) is 23.3. The number of carbonyl (C=O) groups is 1. The van der Waals surface area contributed by atoms with Crippen molar-refractivity contribution in [3.05, 3.63) is 47.5 Å². The lowest BCUT2D eigenvalue weighted by atomic mass is 10.1. The van der Waals surface area contributed by atoms with Crippen molar-refractivity contribution in [2.45, 2.75) is 38.3 Å². The molecule has 3 rings (SSSR count). The number of unbranched alkanes of at least 4 members (excludes halogenated alkanes) is 3. The summed E-state index contributed by atoms with van der Waals surface area (Å²) in [5.74, 6) is 3.66. The number of benzene rings is 2. The molecule has 1 amide bonds. The van der Waals surface area contributed by atoms with Gasteiger partial charge in [-0.25, -0.2) is 5.48 Å². The summed E-state index contributed by atoms with van der Waals surface area (Å²) in [6.07, 6.45) is 9.16. The SMILES string of the molecule is C#Cc1cccc(NC2NCNc3cc(OC)c(OCCCCCCC(=O)NO)cc32)c1. The molecule has 1 aliphatic heterocycles. The molecule has 1 unspecified atom stereocenters. The van der Waals surface area contributed by atoms with Crippen molar-refractivity contribution in [2.24, 2.45) is 0 Å². The largest absolute Gasteiger partial charge is 0.493 e. The second kappa shape index (κ2) is 11.8. The van der Waals surface area contributed by atoms with Gasteiger partial charge in [-0.15, -0.1) is 6.42 Å². The number of nitrogens with one attached hydrogen (secondary N) is 4. The lowest BCUT2D eigenvalue weighted by Crippen LogP contribution is -2.37. The van der Waals surface area contributed by atoms with Gasteiger partial charge in [-0.05, 0) is 37.1 Å². The lowest BCUT2D eigenvalue weighted by molar-refractivity contribution is -0.129. The summed E-state index contributed by atoms with van der Waals surface area (Å²) in [6, 6.07) is 11.7. The van der Waals surface area contributed by atoms with Crippen LogP contribution in [0.2, 0.25) is 0 Å². The van der Waals surface area contributed by atoms with Crippen molar-refractivity contribution in [1.29, 1.82) is 0 Å². The van der Waals surface area contributed by atoms with Gasteiger partial charge in [0.15, 0.2) is 11.5 Å². The number of hydroxylamine groups is 1. The van der Waals surface area contributed by atoms with E-state index >= 15 is 0 Å². The Bertz CT molecular complexity index is 958. The summed E-state index contributed by atoms with van der Waals surface area (Å²) in [5, 5.41) is 18.7. The van der Waals surface area contributed by atoms with Crippen molar-refractivity contribution in [3.63, 3.8) is 0 Å². The number of fused-ring (bicyclic) bond motifs is 1. The fourth-order valence-electron chi connectivity index (χ4n) is 3.57. The predicted molar refractivity (Wildman–Crippen MR) is 124 cm³/mol. The Morgan fingerprint density at radius 1 is 1.22 bits per heavy atom. The van der Waals surface area contributed by atoms with Crippen LogP contribution in [0.25, 0.3) is 0 Å². The number of rotatable bonds is 11. The van der Waals surface area contributed by atoms with Crippen LogP contribution in [0.15, 0.2) is 36.4 Å². The zero-order valence-electron chi connectivity index (χ0n) is 18.2. The van der Waals surface area contributed by atoms with E-state index in [1.165, 1.54) is 0 Å². The van der Waals surface area contributed by atoms with Gasteiger partial charge in [0.1, 0.15) is 6.17 Å². The molecule has 2 aromatic rings. The molecule has 8 nitrogen and oxygen atoms in total. The van der Waals surface area contributed by atoms with Crippen LogP contribution in [0.1, 0.15) is 49.4 Å². The van der Waals surface area contributed by atoms with E-state index < -0.39 is 0 Å². The smallest absolute Gasteiger partial charge is 0.243 e. The van der Waals surface area contributed by atoms with Crippen molar-refractivity contribution >= 4 is 17.3 Å². The van der Waals surface area contributed by atoms with Crippen LogP contribution in [-0.2, 0) is 4.79 Å². The zero-order chi connectivity index (χ0) is 22.8. The topological polar surface area (TPSA) is 104 Å². The van der Waals surface area contributed by atoms with Crippen LogP contribution < -0.4 is 30.9 Å².